The molecule has 0 saturated heterocycles. The van der Waals surface area contributed by atoms with E-state index in [9.17, 15) is 4.79 Å². The molecule has 4 rings (SSSR count). The predicted molar refractivity (Wildman–Crippen MR) is 131 cm³/mol. The minimum absolute atomic E-state index is 0.156. The summed E-state index contributed by atoms with van der Waals surface area (Å²) in [5.41, 5.74) is 5.34. The Labute approximate surface area is 193 Å². The van der Waals surface area contributed by atoms with Gasteiger partial charge in [0.15, 0.2) is 0 Å². The van der Waals surface area contributed by atoms with Gasteiger partial charge >= 0.3 is 0 Å². The normalized spacial score (nSPS) is 11.5. The molecule has 2 N–H and O–H groups in total. The van der Waals surface area contributed by atoms with Crippen LogP contribution in [0.5, 0.6) is 5.75 Å². The van der Waals surface area contributed by atoms with E-state index in [1.54, 1.807) is 19.2 Å². The average molecular weight is 439 g/mol. The monoisotopic (exact) mass is 438 g/mol. The highest BCUT2D eigenvalue weighted by Gasteiger charge is 2.13. The summed E-state index contributed by atoms with van der Waals surface area (Å²) in [6.07, 6.45) is 1.53. The maximum atomic E-state index is 12.9. The van der Waals surface area contributed by atoms with Crippen LogP contribution in [0, 0.1) is 6.92 Å². The molecule has 0 bridgehead atoms. The first kappa shape index (κ1) is 22.0. The van der Waals surface area contributed by atoms with E-state index in [-0.39, 0.29) is 11.9 Å². The Morgan fingerprint density at radius 3 is 2.52 bits per heavy atom. The molecule has 1 atom stereocenters. The predicted octanol–water partition coefficient (Wildman–Crippen LogP) is 5.70. The van der Waals surface area contributed by atoms with Gasteiger partial charge < -0.3 is 15.4 Å². The summed E-state index contributed by atoms with van der Waals surface area (Å²) in [6, 6.07) is 24.9. The van der Waals surface area contributed by atoms with Gasteiger partial charge in [0.25, 0.3) is 5.91 Å². The van der Waals surface area contributed by atoms with Gasteiger partial charge in [0.05, 0.1) is 18.8 Å². The number of amides is 1. The van der Waals surface area contributed by atoms with Gasteiger partial charge in [-0.1, -0.05) is 48.0 Å². The largest absolute Gasteiger partial charge is 0.497 e. The van der Waals surface area contributed by atoms with E-state index in [0.29, 0.717) is 11.4 Å². The molecule has 1 amide bonds. The van der Waals surface area contributed by atoms with Gasteiger partial charge in [-0.25, -0.2) is 9.97 Å². The average Bonchev–Trinajstić information content (AvgIpc) is 2.85. The second-order valence-corrected chi connectivity index (χ2v) is 7.83. The molecule has 6 nitrogen and oxygen atoms in total. The van der Waals surface area contributed by atoms with Gasteiger partial charge in [0.1, 0.15) is 17.9 Å². The lowest BCUT2D eigenvalue weighted by Crippen LogP contribution is -2.26. The SMILES string of the molecule is COc1cccc([C@H](C)NC(=O)c2cccc(Nc3cc(-c4ccc(C)cc4)ncn3)c2)c1. The van der Waals surface area contributed by atoms with Crippen molar-refractivity contribution in [3.63, 3.8) is 0 Å². The molecule has 6 heteroatoms. The lowest BCUT2D eigenvalue weighted by Gasteiger charge is -2.16. The lowest BCUT2D eigenvalue weighted by atomic mass is 10.1. The summed E-state index contributed by atoms with van der Waals surface area (Å²) < 4.78 is 5.28. The molecule has 1 heterocycles. The molecule has 0 aliphatic carbocycles. The summed E-state index contributed by atoms with van der Waals surface area (Å²) in [4.78, 5) is 21.6. The van der Waals surface area contributed by atoms with Crippen molar-refractivity contribution in [2.45, 2.75) is 19.9 Å². The van der Waals surface area contributed by atoms with Crippen LogP contribution in [-0.2, 0) is 0 Å². The van der Waals surface area contributed by atoms with Crippen molar-refractivity contribution >= 4 is 17.4 Å². The Morgan fingerprint density at radius 2 is 1.73 bits per heavy atom. The molecule has 0 saturated carbocycles. The minimum atomic E-state index is -0.164. The molecule has 0 spiro atoms. The van der Waals surface area contributed by atoms with E-state index in [4.69, 9.17) is 4.74 Å². The van der Waals surface area contributed by atoms with Crippen molar-refractivity contribution in [3.05, 3.63) is 102 Å². The second kappa shape index (κ2) is 9.96. The van der Waals surface area contributed by atoms with Gasteiger partial charge in [-0.2, -0.15) is 0 Å². The van der Waals surface area contributed by atoms with Crippen LogP contribution >= 0.6 is 0 Å². The highest BCUT2D eigenvalue weighted by Crippen LogP contribution is 2.23. The maximum Gasteiger partial charge on any atom is 0.251 e. The number of nitrogens with zero attached hydrogens (tertiary/aromatic N) is 2. The molecular formula is C27H26N4O2. The quantitative estimate of drug-likeness (QED) is 0.387. The summed E-state index contributed by atoms with van der Waals surface area (Å²) in [6.45, 7) is 4.00. The van der Waals surface area contributed by atoms with E-state index in [1.807, 2.05) is 61.5 Å². The number of nitrogens with one attached hydrogen (secondary N) is 2. The molecule has 0 fully saturated rings. The number of hydrogen-bond donors (Lipinski definition) is 2. The van der Waals surface area contributed by atoms with E-state index in [2.05, 4.69) is 39.7 Å². The van der Waals surface area contributed by atoms with E-state index >= 15 is 0 Å². The molecule has 0 aliphatic heterocycles. The Kier molecular flexibility index (Phi) is 6.64. The van der Waals surface area contributed by atoms with Crippen molar-refractivity contribution in [1.29, 1.82) is 0 Å². The minimum Gasteiger partial charge on any atom is -0.497 e. The smallest absolute Gasteiger partial charge is 0.251 e. The number of hydrogen-bond acceptors (Lipinski definition) is 5. The number of aromatic nitrogens is 2. The van der Waals surface area contributed by atoms with Crippen molar-refractivity contribution in [3.8, 4) is 17.0 Å². The summed E-state index contributed by atoms with van der Waals surface area (Å²) in [7, 11) is 1.63. The topological polar surface area (TPSA) is 76.1 Å². The van der Waals surface area contributed by atoms with Crippen LogP contribution in [0.25, 0.3) is 11.3 Å². The number of carbonyl (C=O) groups is 1. The summed E-state index contributed by atoms with van der Waals surface area (Å²) >= 11 is 0. The van der Waals surface area contributed by atoms with Gasteiger partial charge in [-0.15, -0.1) is 0 Å². The van der Waals surface area contributed by atoms with Crippen molar-refractivity contribution in [2.24, 2.45) is 0 Å². The number of aryl methyl sites for hydroxylation is 1. The molecule has 3 aromatic carbocycles. The zero-order valence-electron chi connectivity index (χ0n) is 18.9. The number of methoxy groups -OCH3 is 1. The van der Waals surface area contributed by atoms with Gasteiger partial charge in [0, 0.05) is 22.9 Å². The van der Waals surface area contributed by atoms with Crippen LogP contribution in [0.15, 0.2) is 85.2 Å². The Morgan fingerprint density at radius 1 is 0.939 bits per heavy atom. The second-order valence-electron chi connectivity index (χ2n) is 7.83. The van der Waals surface area contributed by atoms with Crippen LogP contribution in [-0.4, -0.2) is 23.0 Å². The zero-order valence-corrected chi connectivity index (χ0v) is 18.9. The van der Waals surface area contributed by atoms with Crippen LogP contribution in [0.3, 0.4) is 0 Å². The van der Waals surface area contributed by atoms with Crippen LogP contribution in [0.4, 0.5) is 11.5 Å². The third-order valence-corrected chi connectivity index (χ3v) is 5.35. The fourth-order valence-corrected chi connectivity index (χ4v) is 3.47. The van der Waals surface area contributed by atoms with E-state index in [0.717, 1.165) is 28.3 Å². The molecule has 166 valence electrons. The standard InChI is InChI=1S/C27H26N4O2/c1-18-10-12-20(13-11-18)25-16-26(29-17-28-25)31-23-8-4-7-22(14-23)27(32)30-19(2)21-6-5-9-24(15-21)33-3/h4-17,19H,1-3H3,(H,30,32)(H,28,29,31)/t19-/m0/s1. The number of benzene rings is 3. The fraction of sp³-hybridized carbons (Fsp3) is 0.148. The van der Waals surface area contributed by atoms with Crippen molar-refractivity contribution in [1.82, 2.24) is 15.3 Å². The van der Waals surface area contributed by atoms with Crippen LogP contribution in [0.1, 0.15) is 34.5 Å². The Hall–Kier alpha value is -4.19. The molecule has 33 heavy (non-hydrogen) atoms. The molecule has 0 aliphatic rings. The van der Waals surface area contributed by atoms with Crippen molar-refractivity contribution in [2.75, 3.05) is 12.4 Å². The van der Waals surface area contributed by atoms with Crippen LogP contribution in [0.2, 0.25) is 0 Å². The summed E-state index contributed by atoms with van der Waals surface area (Å²) in [5, 5.41) is 6.32. The fourth-order valence-electron chi connectivity index (χ4n) is 3.47. The van der Waals surface area contributed by atoms with Crippen molar-refractivity contribution < 1.29 is 9.53 Å². The number of rotatable bonds is 7. The van der Waals surface area contributed by atoms with E-state index in [1.165, 1.54) is 11.9 Å². The Balaban J connectivity index is 1.47. The van der Waals surface area contributed by atoms with E-state index < -0.39 is 0 Å². The highest BCUT2D eigenvalue weighted by molar-refractivity contribution is 5.95. The molecular weight excluding hydrogens is 412 g/mol. The van der Waals surface area contributed by atoms with Gasteiger partial charge in [-0.05, 0) is 49.7 Å². The summed E-state index contributed by atoms with van der Waals surface area (Å²) in [5.74, 6) is 1.26. The molecule has 4 aromatic rings. The third kappa shape index (κ3) is 5.54. The highest BCUT2D eigenvalue weighted by atomic mass is 16.5. The first-order valence-corrected chi connectivity index (χ1v) is 10.7. The lowest BCUT2D eigenvalue weighted by molar-refractivity contribution is 0.0940. The first-order chi connectivity index (χ1) is 16.0. The molecule has 0 unspecified atom stereocenters. The van der Waals surface area contributed by atoms with Gasteiger partial charge in [-0.3, -0.25) is 4.79 Å². The maximum absolute atomic E-state index is 12.9. The number of ether oxygens (including phenoxy) is 1. The number of carbonyl (C=O) groups excluding carboxylic acids is 1. The van der Waals surface area contributed by atoms with Crippen LogP contribution < -0.4 is 15.4 Å². The Bertz CT molecular complexity index is 1250. The third-order valence-electron chi connectivity index (χ3n) is 5.35. The molecule has 1 aromatic heterocycles. The molecule has 0 radical (unpaired) electrons. The zero-order chi connectivity index (χ0) is 23.2. The first-order valence-electron chi connectivity index (χ1n) is 10.7. The number of anilines is 2. The van der Waals surface area contributed by atoms with Gasteiger partial charge in [0.2, 0.25) is 0 Å².